The first kappa shape index (κ1) is 13.8. The normalized spacial score (nSPS) is 19.0. The molecule has 1 atom stereocenters. The van der Waals surface area contributed by atoms with Crippen LogP contribution < -0.4 is 5.32 Å². The molecule has 110 valence electrons. The topological polar surface area (TPSA) is 71.3 Å². The average Bonchev–Trinajstić information content (AvgIpc) is 2.90. The van der Waals surface area contributed by atoms with E-state index >= 15 is 0 Å². The van der Waals surface area contributed by atoms with E-state index in [2.05, 4.69) is 22.2 Å². The molecule has 1 aliphatic heterocycles. The van der Waals surface area contributed by atoms with Crippen molar-refractivity contribution in [1.29, 1.82) is 0 Å². The number of hydrogen-bond donors (Lipinski definition) is 1. The fourth-order valence-electron chi connectivity index (χ4n) is 2.93. The largest absolute Gasteiger partial charge is 0.384 e. The van der Waals surface area contributed by atoms with Gasteiger partial charge in [-0.15, -0.1) is 0 Å². The summed E-state index contributed by atoms with van der Waals surface area (Å²) < 4.78 is 0. The highest BCUT2D eigenvalue weighted by Crippen LogP contribution is 2.31. The van der Waals surface area contributed by atoms with Gasteiger partial charge in [0.2, 0.25) is 0 Å². The molecule has 1 aromatic heterocycles. The van der Waals surface area contributed by atoms with E-state index in [9.17, 15) is 10.1 Å². The fourth-order valence-corrected chi connectivity index (χ4v) is 2.93. The summed E-state index contributed by atoms with van der Waals surface area (Å²) in [6.07, 6.45) is 4.46. The third-order valence-electron chi connectivity index (χ3n) is 4.06. The van der Waals surface area contributed by atoms with Crippen molar-refractivity contribution in [2.45, 2.75) is 6.42 Å². The number of nitro groups is 1. The molecule has 0 bridgehead atoms. The smallest absolute Gasteiger partial charge is 0.277 e. The SMILES string of the molecule is CN1CCC(CNc2ccc([N+](=O)[O-])c3ccncc23)C1. The molecule has 0 aliphatic carbocycles. The van der Waals surface area contributed by atoms with E-state index in [1.54, 1.807) is 30.6 Å². The predicted octanol–water partition coefficient (Wildman–Crippen LogP) is 2.51. The van der Waals surface area contributed by atoms with Crippen molar-refractivity contribution in [2.24, 2.45) is 5.92 Å². The van der Waals surface area contributed by atoms with Gasteiger partial charge in [0.1, 0.15) is 0 Å². The molecular formula is C15H18N4O2. The highest BCUT2D eigenvalue weighted by atomic mass is 16.6. The van der Waals surface area contributed by atoms with Crippen LogP contribution in [0.15, 0.2) is 30.6 Å². The summed E-state index contributed by atoms with van der Waals surface area (Å²) in [6.45, 7) is 3.11. The van der Waals surface area contributed by atoms with Crippen LogP contribution in [0.1, 0.15) is 6.42 Å². The van der Waals surface area contributed by atoms with E-state index in [0.717, 1.165) is 30.7 Å². The van der Waals surface area contributed by atoms with Crippen LogP contribution in [-0.2, 0) is 0 Å². The summed E-state index contributed by atoms with van der Waals surface area (Å²) in [7, 11) is 2.13. The number of nitrogens with one attached hydrogen (secondary N) is 1. The van der Waals surface area contributed by atoms with Gasteiger partial charge in [0.25, 0.3) is 5.69 Å². The first-order valence-corrected chi connectivity index (χ1v) is 7.08. The number of rotatable bonds is 4. The molecule has 1 N–H and O–H groups in total. The maximum atomic E-state index is 11.1. The van der Waals surface area contributed by atoms with Crippen LogP contribution in [0.5, 0.6) is 0 Å². The molecular weight excluding hydrogens is 268 g/mol. The summed E-state index contributed by atoms with van der Waals surface area (Å²) in [5.41, 5.74) is 1.04. The number of aromatic nitrogens is 1. The average molecular weight is 286 g/mol. The molecule has 1 aliphatic rings. The molecule has 1 saturated heterocycles. The van der Waals surface area contributed by atoms with Gasteiger partial charge >= 0.3 is 0 Å². The van der Waals surface area contributed by atoms with E-state index < -0.39 is 0 Å². The molecule has 6 heteroatoms. The van der Waals surface area contributed by atoms with E-state index in [1.165, 1.54) is 6.42 Å². The first-order valence-electron chi connectivity index (χ1n) is 7.08. The van der Waals surface area contributed by atoms with Crippen molar-refractivity contribution < 1.29 is 4.92 Å². The minimum atomic E-state index is -0.349. The Kier molecular flexibility index (Phi) is 3.70. The van der Waals surface area contributed by atoms with Crippen molar-refractivity contribution in [3.63, 3.8) is 0 Å². The summed E-state index contributed by atoms with van der Waals surface area (Å²) in [5, 5.41) is 15.9. The summed E-state index contributed by atoms with van der Waals surface area (Å²) in [5.74, 6) is 0.622. The highest BCUT2D eigenvalue weighted by Gasteiger charge is 2.20. The number of non-ortho nitro benzene ring substituents is 1. The number of nitrogens with zero attached hydrogens (tertiary/aromatic N) is 3. The van der Waals surface area contributed by atoms with Crippen LogP contribution in [0.3, 0.4) is 0 Å². The Morgan fingerprint density at radius 3 is 3.00 bits per heavy atom. The maximum absolute atomic E-state index is 11.1. The summed E-state index contributed by atoms with van der Waals surface area (Å²) in [6, 6.07) is 5.04. The lowest BCUT2D eigenvalue weighted by atomic mass is 10.1. The van der Waals surface area contributed by atoms with Crippen molar-refractivity contribution in [1.82, 2.24) is 9.88 Å². The lowest BCUT2D eigenvalue weighted by Crippen LogP contribution is -2.19. The monoisotopic (exact) mass is 286 g/mol. The number of likely N-dealkylation sites (tertiary alicyclic amines) is 1. The molecule has 0 spiro atoms. The Morgan fingerprint density at radius 2 is 2.29 bits per heavy atom. The Hall–Kier alpha value is -2.21. The number of benzene rings is 1. The molecule has 21 heavy (non-hydrogen) atoms. The van der Waals surface area contributed by atoms with Crippen LogP contribution in [-0.4, -0.2) is 41.5 Å². The fraction of sp³-hybridized carbons (Fsp3) is 0.400. The van der Waals surface area contributed by atoms with Gasteiger partial charge < -0.3 is 10.2 Å². The van der Waals surface area contributed by atoms with Crippen LogP contribution in [0.4, 0.5) is 11.4 Å². The van der Waals surface area contributed by atoms with Crippen LogP contribution in [0.25, 0.3) is 10.8 Å². The number of nitro benzene ring substituents is 1. The van der Waals surface area contributed by atoms with E-state index in [1.807, 2.05) is 0 Å². The zero-order valence-electron chi connectivity index (χ0n) is 12.0. The Labute approximate surface area is 122 Å². The molecule has 2 heterocycles. The van der Waals surface area contributed by atoms with Crippen molar-refractivity contribution in [3.05, 3.63) is 40.7 Å². The number of anilines is 1. The number of pyridine rings is 1. The molecule has 3 rings (SSSR count). The lowest BCUT2D eigenvalue weighted by molar-refractivity contribution is -0.383. The first-order chi connectivity index (χ1) is 10.1. The van der Waals surface area contributed by atoms with E-state index in [-0.39, 0.29) is 10.6 Å². The maximum Gasteiger partial charge on any atom is 0.277 e. The highest BCUT2D eigenvalue weighted by molar-refractivity contribution is 5.99. The number of hydrogen-bond acceptors (Lipinski definition) is 5. The van der Waals surface area contributed by atoms with Crippen molar-refractivity contribution >= 4 is 22.1 Å². The molecule has 1 aromatic carbocycles. The second kappa shape index (κ2) is 5.65. The van der Waals surface area contributed by atoms with Crippen LogP contribution in [0, 0.1) is 16.0 Å². The summed E-state index contributed by atoms with van der Waals surface area (Å²) in [4.78, 5) is 17.2. The Morgan fingerprint density at radius 1 is 1.43 bits per heavy atom. The second-order valence-electron chi connectivity index (χ2n) is 5.61. The molecule has 1 fully saturated rings. The molecule has 0 amide bonds. The molecule has 1 unspecified atom stereocenters. The van der Waals surface area contributed by atoms with Crippen LogP contribution >= 0.6 is 0 Å². The third-order valence-corrected chi connectivity index (χ3v) is 4.06. The van der Waals surface area contributed by atoms with Gasteiger partial charge in [-0.1, -0.05) is 0 Å². The zero-order valence-corrected chi connectivity index (χ0v) is 12.0. The van der Waals surface area contributed by atoms with Gasteiger partial charge in [0, 0.05) is 42.6 Å². The van der Waals surface area contributed by atoms with E-state index in [4.69, 9.17) is 0 Å². The minimum Gasteiger partial charge on any atom is -0.384 e. The van der Waals surface area contributed by atoms with Crippen LogP contribution in [0.2, 0.25) is 0 Å². The zero-order chi connectivity index (χ0) is 14.8. The third kappa shape index (κ3) is 2.80. The molecule has 0 saturated carbocycles. The van der Waals surface area contributed by atoms with Gasteiger partial charge in [-0.05, 0) is 38.1 Å². The van der Waals surface area contributed by atoms with Gasteiger partial charge in [-0.3, -0.25) is 15.1 Å². The Bertz CT molecular complexity index is 674. The van der Waals surface area contributed by atoms with Crippen molar-refractivity contribution in [2.75, 3.05) is 32.0 Å². The lowest BCUT2D eigenvalue weighted by Gasteiger charge is -2.14. The van der Waals surface area contributed by atoms with Gasteiger partial charge in [-0.25, -0.2) is 0 Å². The standard InChI is InChI=1S/C15H18N4O2/c1-18-7-5-11(10-18)8-17-14-2-3-15(19(20)21)12-4-6-16-9-13(12)14/h2-4,6,9,11,17H,5,7-8,10H2,1H3. The quantitative estimate of drug-likeness (QED) is 0.690. The Balaban J connectivity index is 1.86. The molecule has 6 nitrogen and oxygen atoms in total. The molecule has 2 aromatic rings. The van der Waals surface area contributed by atoms with E-state index in [0.29, 0.717) is 11.3 Å². The predicted molar refractivity (Wildman–Crippen MR) is 82.5 cm³/mol. The van der Waals surface area contributed by atoms with Crippen molar-refractivity contribution in [3.8, 4) is 0 Å². The van der Waals surface area contributed by atoms with Gasteiger partial charge in [-0.2, -0.15) is 0 Å². The number of fused-ring (bicyclic) bond motifs is 1. The van der Waals surface area contributed by atoms with Gasteiger partial charge in [0.15, 0.2) is 0 Å². The molecule has 0 radical (unpaired) electrons. The second-order valence-corrected chi connectivity index (χ2v) is 5.61. The van der Waals surface area contributed by atoms with Gasteiger partial charge in [0.05, 0.1) is 10.3 Å². The minimum absolute atomic E-state index is 0.124. The summed E-state index contributed by atoms with van der Waals surface area (Å²) >= 11 is 0.